The SMILES string of the molecule is CCOc1nc(N2C[C@@H]3C[C@H]2CN3)ncc1C(=O)Nc1cc(F)c2nc(C)cn2c1. The van der Waals surface area contributed by atoms with E-state index in [1.54, 1.807) is 23.7 Å². The van der Waals surface area contributed by atoms with Gasteiger partial charge in [0.2, 0.25) is 11.8 Å². The number of piperazine rings is 1. The van der Waals surface area contributed by atoms with Crippen LogP contribution in [0.1, 0.15) is 29.4 Å². The third-order valence-electron chi connectivity index (χ3n) is 5.46. The molecule has 0 aromatic carbocycles. The van der Waals surface area contributed by atoms with Crippen molar-refractivity contribution in [1.82, 2.24) is 24.7 Å². The summed E-state index contributed by atoms with van der Waals surface area (Å²) >= 11 is 0. The van der Waals surface area contributed by atoms with Gasteiger partial charge >= 0.3 is 0 Å². The number of hydrogen-bond acceptors (Lipinski definition) is 7. The highest BCUT2D eigenvalue weighted by atomic mass is 19.1. The van der Waals surface area contributed by atoms with Gasteiger partial charge in [0.25, 0.3) is 5.91 Å². The van der Waals surface area contributed by atoms with E-state index < -0.39 is 11.7 Å². The Morgan fingerprint density at radius 1 is 1.40 bits per heavy atom. The lowest BCUT2D eigenvalue weighted by Gasteiger charge is -2.27. The molecule has 0 radical (unpaired) electrons. The van der Waals surface area contributed by atoms with Crippen molar-refractivity contribution in [2.45, 2.75) is 32.4 Å². The third-order valence-corrected chi connectivity index (χ3v) is 5.46. The first kappa shape index (κ1) is 18.7. The zero-order chi connectivity index (χ0) is 20.8. The summed E-state index contributed by atoms with van der Waals surface area (Å²) in [6.07, 6.45) is 5.84. The molecule has 0 saturated carbocycles. The molecule has 156 valence electrons. The topological polar surface area (TPSA) is 96.7 Å². The molecule has 2 fully saturated rings. The summed E-state index contributed by atoms with van der Waals surface area (Å²) < 4.78 is 21.5. The number of imidazole rings is 1. The van der Waals surface area contributed by atoms with E-state index in [9.17, 15) is 9.18 Å². The van der Waals surface area contributed by atoms with Crippen LogP contribution in [0.5, 0.6) is 5.88 Å². The first-order chi connectivity index (χ1) is 14.5. The molecule has 2 saturated heterocycles. The van der Waals surface area contributed by atoms with Gasteiger partial charge < -0.3 is 24.7 Å². The average molecular weight is 411 g/mol. The number of pyridine rings is 1. The lowest BCUT2D eigenvalue weighted by molar-refractivity contribution is 0.102. The number of amides is 1. The number of carbonyl (C=O) groups excluding carboxylic acids is 1. The number of anilines is 2. The highest BCUT2D eigenvalue weighted by Crippen LogP contribution is 2.29. The predicted molar refractivity (Wildman–Crippen MR) is 109 cm³/mol. The minimum Gasteiger partial charge on any atom is -0.477 e. The Kier molecular flexibility index (Phi) is 4.50. The van der Waals surface area contributed by atoms with Gasteiger partial charge in [-0.15, -0.1) is 0 Å². The highest BCUT2D eigenvalue weighted by molar-refractivity contribution is 6.05. The van der Waals surface area contributed by atoms with Crippen LogP contribution in [-0.4, -0.2) is 57.0 Å². The van der Waals surface area contributed by atoms with Crippen LogP contribution in [0.15, 0.2) is 24.7 Å². The number of aromatic nitrogens is 4. The normalized spacial score (nSPS) is 20.2. The van der Waals surface area contributed by atoms with Gasteiger partial charge in [0.05, 0.1) is 18.0 Å². The summed E-state index contributed by atoms with van der Waals surface area (Å²) in [6.45, 7) is 5.71. The Bertz CT molecular complexity index is 1130. The van der Waals surface area contributed by atoms with Gasteiger partial charge in [0, 0.05) is 49.8 Å². The Morgan fingerprint density at radius 2 is 2.27 bits per heavy atom. The van der Waals surface area contributed by atoms with E-state index in [1.165, 1.54) is 12.3 Å². The molecule has 9 nitrogen and oxygen atoms in total. The van der Waals surface area contributed by atoms with Gasteiger partial charge in [-0.2, -0.15) is 4.98 Å². The summed E-state index contributed by atoms with van der Waals surface area (Å²) in [5, 5.41) is 6.15. The predicted octanol–water partition coefficient (Wildman–Crippen LogP) is 1.77. The van der Waals surface area contributed by atoms with Crippen LogP contribution < -0.4 is 20.3 Å². The molecule has 5 rings (SSSR count). The Morgan fingerprint density at radius 3 is 3.00 bits per heavy atom. The molecule has 10 heteroatoms. The maximum Gasteiger partial charge on any atom is 0.262 e. The highest BCUT2D eigenvalue weighted by Gasteiger charge is 2.39. The van der Waals surface area contributed by atoms with Crippen molar-refractivity contribution in [2.24, 2.45) is 0 Å². The van der Waals surface area contributed by atoms with Gasteiger partial charge in [-0.1, -0.05) is 0 Å². The van der Waals surface area contributed by atoms with E-state index in [0.29, 0.717) is 36.0 Å². The number of halogens is 1. The molecular formula is C20H22FN7O2. The largest absolute Gasteiger partial charge is 0.477 e. The van der Waals surface area contributed by atoms with Crippen LogP contribution in [0.3, 0.4) is 0 Å². The van der Waals surface area contributed by atoms with Crippen molar-refractivity contribution in [3.05, 3.63) is 41.7 Å². The van der Waals surface area contributed by atoms with Gasteiger partial charge in [-0.25, -0.2) is 14.4 Å². The molecular weight excluding hydrogens is 389 g/mol. The van der Waals surface area contributed by atoms with Crippen molar-refractivity contribution in [2.75, 3.05) is 29.9 Å². The van der Waals surface area contributed by atoms with Gasteiger partial charge in [-0.05, 0) is 20.3 Å². The fraction of sp³-hybridized carbons (Fsp3) is 0.400. The first-order valence-corrected chi connectivity index (χ1v) is 9.98. The summed E-state index contributed by atoms with van der Waals surface area (Å²) in [7, 11) is 0. The van der Waals surface area contributed by atoms with Gasteiger partial charge in [-0.3, -0.25) is 4.79 Å². The fourth-order valence-electron chi connectivity index (χ4n) is 4.15. The van der Waals surface area contributed by atoms with Crippen LogP contribution in [0.25, 0.3) is 5.65 Å². The standard InChI is InChI=1S/C20H22FN7O2/c1-3-30-19-15(7-23-20(26-19)28-10-12-4-14(28)6-22-12)18(29)25-13-5-16(21)17-24-11(2)8-27(17)9-13/h5,7-9,12,14,22H,3-4,6,10H2,1-2H3,(H,25,29)/t12-,14-/m0/s1. The lowest BCUT2D eigenvalue weighted by Crippen LogP contribution is -2.44. The maximum absolute atomic E-state index is 14.3. The zero-order valence-electron chi connectivity index (χ0n) is 16.7. The molecule has 0 aliphatic carbocycles. The molecule has 5 heterocycles. The molecule has 3 aromatic rings. The van der Waals surface area contributed by atoms with E-state index in [2.05, 4.69) is 30.5 Å². The van der Waals surface area contributed by atoms with Crippen molar-refractivity contribution >= 4 is 23.2 Å². The van der Waals surface area contributed by atoms with E-state index in [4.69, 9.17) is 4.74 Å². The van der Waals surface area contributed by atoms with E-state index >= 15 is 0 Å². The second-order valence-corrected chi connectivity index (χ2v) is 7.61. The van der Waals surface area contributed by atoms with Crippen LogP contribution in [-0.2, 0) is 0 Å². The number of ether oxygens (including phenoxy) is 1. The Balaban J connectivity index is 1.42. The fourth-order valence-corrected chi connectivity index (χ4v) is 4.15. The van der Waals surface area contributed by atoms with E-state index in [0.717, 1.165) is 19.5 Å². The molecule has 3 aromatic heterocycles. The summed E-state index contributed by atoms with van der Waals surface area (Å²) in [5.74, 6) is -0.207. The molecule has 2 atom stereocenters. The quantitative estimate of drug-likeness (QED) is 0.661. The first-order valence-electron chi connectivity index (χ1n) is 9.98. The zero-order valence-corrected chi connectivity index (χ0v) is 16.7. The molecule has 2 bridgehead atoms. The smallest absolute Gasteiger partial charge is 0.262 e. The number of aryl methyl sites for hydroxylation is 1. The lowest BCUT2D eigenvalue weighted by atomic mass is 10.2. The van der Waals surface area contributed by atoms with Gasteiger partial charge in [0.1, 0.15) is 5.56 Å². The summed E-state index contributed by atoms with van der Waals surface area (Å²) in [4.78, 5) is 28.1. The second kappa shape index (κ2) is 7.21. The molecule has 30 heavy (non-hydrogen) atoms. The van der Waals surface area contributed by atoms with Crippen molar-refractivity contribution in [3.63, 3.8) is 0 Å². The number of nitrogens with one attached hydrogen (secondary N) is 2. The number of nitrogens with zero attached hydrogens (tertiary/aromatic N) is 5. The molecule has 2 aliphatic heterocycles. The molecule has 1 amide bonds. The van der Waals surface area contributed by atoms with Crippen LogP contribution in [0, 0.1) is 12.7 Å². The van der Waals surface area contributed by atoms with Gasteiger partial charge in [0.15, 0.2) is 11.5 Å². The Labute approximate surface area is 172 Å². The third kappa shape index (κ3) is 3.22. The van der Waals surface area contributed by atoms with Crippen LogP contribution in [0.2, 0.25) is 0 Å². The molecule has 2 aliphatic rings. The minimum atomic E-state index is -0.518. The average Bonchev–Trinajstić information content (AvgIpc) is 3.43. The van der Waals surface area contributed by atoms with Crippen LogP contribution >= 0.6 is 0 Å². The van der Waals surface area contributed by atoms with E-state index in [1.807, 2.05) is 6.92 Å². The van der Waals surface area contributed by atoms with Crippen LogP contribution in [0.4, 0.5) is 16.0 Å². The maximum atomic E-state index is 14.3. The minimum absolute atomic E-state index is 0.199. The monoisotopic (exact) mass is 411 g/mol. The second-order valence-electron chi connectivity index (χ2n) is 7.61. The number of rotatable bonds is 5. The number of carbonyl (C=O) groups is 1. The van der Waals surface area contributed by atoms with E-state index in [-0.39, 0.29) is 17.1 Å². The Hall–Kier alpha value is -3.27. The molecule has 0 spiro atoms. The number of hydrogen-bond donors (Lipinski definition) is 2. The van der Waals surface area contributed by atoms with Crippen molar-refractivity contribution in [3.8, 4) is 5.88 Å². The number of fused-ring (bicyclic) bond motifs is 3. The summed E-state index contributed by atoms with van der Waals surface area (Å²) in [5.41, 5.74) is 1.40. The van der Waals surface area contributed by atoms with Crippen molar-refractivity contribution < 1.29 is 13.9 Å². The van der Waals surface area contributed by atoms with Crippen molar-refractivity contribution in [1.29, 1.82) is 0 Å². The molecule has 0 unspecified atom stereocenters. The summed E-state index contributed by atoms with van der Waals surface area (Å²) in [6, 6.07) is 2.05. The molecule has 2 N–H and O–H groups in total.